The van der Waals surface area contributed by atoms with Gasteiger partial charge >= 0.3 is 0 Å². The van der Waals surface area contributed by atoms with Crippen LogP contribution in [0.3, 0.4) is 0 Å². The fourth-order valence-electron chi connectivity index (χ4n) is 1.43. The van der Waals surface area contributed by atoms with Crippen LogP contribution in [-0.4, -0.2) is 9.55 Å². The number of halogens is 1. The highest BCUT2D eigenvalue weighted by Gasteiger charge is 2.06. The molecule has 0 aliphatic carbocycles. The average molecular weight is 253 g/mol. The molecule has 0 saturated heterocycles. The van der Waals surface area contributed by atoms with Crippen molar-refractivity contribution in [3.05, 3.63) is 38.9 Å². The molecule has 0 aliphatic rings. The van der Waals surface area contributed by atoms with Crippen LogP contribution in [0.1, 0.15) is 5.56 Å². The van der Waals surface area contributed by atoms with Crippen molar-refractivity contribution >= 4 is 26.8 Å². The molecule has 1 aromatic carbocycles. The Bertz CT molecular complexity index is 555. The first kappa shape index (κ1) is 9.40. The third kappa shape index (κ3) is 1.26. The Morgan fingerprint density at radius 1 is 1.43 bits per heavy atom. The van der Waals surface area contributed by atoms with Gasteiger partial charge in [0.05, 0.1) is 17.2 Å². The number of aromatic nitrogens is 2. The van der Waals surface area contributed by atoms with Gasteiger partial charge < -0.3 is 4.57 Å². The summed E-state index contributed by atoms with van der Waals surface area (Å²) in [5, 5.41) is 0.685. The smallest absolute Gasteiger partial charge is 0.261 e. The van der Waals surface area contributed by atoms with Gasteiger partial charge in [0, 0.05) is 11.5 Å². The summed E-state index contributed by atoms with van der Waals surface area (Å²) in [4.78, 5) is 16.0. The lowest BCUT2D eigenvalue weighted by Crippen LogP contribution is -2.17. The van der Waals surface area contributed by atoms with Crippen LogP contribution >= 0.6 is 15.9 Å². The quantitative estimate of drug-likeness (QED) is 0.719. The lowest BCUT2D eigenvalue weighted by Gasteiger charge is -2.04. The van der Waals surface area contributed by atoms with Crippen LogP contribution in [0.2, 0.25) is 0 Å². The van der Waals surface area contributed by atoms with Crippen LogP contribution in [0.15, 0.2) is 27.7 Å². The fourth-order valence-corrected chi connectivity index (χ4v) is 1.76. The zero-order valence-electron chi connectivity index (χ0n) is 7.91. The fraction of sp³-hybridized carbons (Fsp3) is 0.200. The molecule has 4 heteroatoms. The van der Waals surface area contributed by atoms with Crippen molar-refractivity contribution in [2.24, 2.45) is 7.05 Å². The molecule has 0 N–H and O–H groups in total. The zero-order chi connectivity index (χ0) is 10.3. The normalized spacial score (nSPS) is 10.8. The highest BCUT2D eigenvalue weighted by molar-refractivity contribution is 9.10. The molecule has 0 spiro atoms. The summed E-state index contributed by atoms with van der Waals surface area (Å²) >= 11 is 3.40. The molecule has 2 aromatic rings. The number of rotatable bonds is 0. The molecule has 0 unspecified atom stereocenters. The van der Waals surface area contributed by atoms with Gasteiger partial charge in [-0.25, -0.2) is 4.98 Å². The van der Waals surface area contributed by atoms with E-state index in [9.17, 15) is 4.79 Å². The van der Waals surface area contributed by atoms with E-state index >= 15 is 0 Å². The summed E-state index contributed by atoms with van der Waals surface area (Å²) < 4.78 is 2.43. The first-order valence-corrected chi connectivity index (χ1v) is 5.01. The minimum atomic E-state index is -0.00574. The van der Waals surface area contributed by atoms with Gasteiger partial charge in [0.1, 0.15) is 0 Å². The molecule has 0 fully saturated rings. The maximum atomic E-state index is 11.8. The van der Waals surface area contributed by atoms with Gasteiger partial charge in [-0.3, -0.25) is 4.79 Å². The molecule has 0 saturated carbocycles. The van der Waals surface area contributed by atoms with Gasteiger partial charge in [0.2, 0.25) is 0 Å². The summed E-state index contributed by atoms with van der Waals surface area (Å²) in [6.07, 6.45) is 1.54. The predicted octanol–water partition coefficient (Wildman–Crippen LogP) is 2.00. The Morgan fingerprint density at radius 3 is 2.86 bits per heavy atom. The molecule has 0 aliphatic heterocycles. The summed E-state index contributed by atoms with van der Waals surface area (Å²) in [5.41, 5.74) is 1.68. The Kier molecular flexibility index (Phi) is 2.15. The van der Waals surface area contributed by atoms with Crippen molar-refractivity contribution in [3.63, 3.8) is 0 Å². The molecule has 0 bridgehead atoms. The largest absolute Gasteiger partial charge is 0.302 e. The van der Waals surface area contributed by atoms with E-state index in [1.165, 1.54) is 10.9 Å². The highest BCUT2D eigenvalue weighted by Crippen LogP contribution is 2.21. The van der Waals surface area contributed by atoms with Gasteiger partial charge in [-0.05, 0) is 24.6 Å². The van der Waals surface area contributed by atoms with E-state index in [0.717, 1.165) is 15.6 Å². The van der Waals surface area contributed by atoms with Crippen molar-refractivity contribution in [1.82, 2.24) is 9.55 Å². The number of nitrogens with zero attached hydrogens (tertiary/aromatic N) is 2. The molecule has 3 nitrogen and oxygen atoms in total. The van der Waals surface area contributed by atoms with Crippen molar-refractivity contribution in [3.8, 4) is 0 Å². The molecule has 72 valence electrons. The average Bonchev–Trinajstić information content (AvgIpc) is 2.17. The Labute approximate surface area is 89.5 Å². The van der Waals surface area contributed by atoms with Crippen molar-refractivity contribution in [1.29, 1.82) is 0 Å². The Balaban J connectivity index is 3.06. The van der Waals surface area contributed by atoms with E-state index in [1.54, 1.807) is 7.05 Å². The molecular formula is C10H9BrN2O. The Morgan fingerprint density at radius 2 is 2.14 bits per heavy atom. The first-order chi connectivity index (χ1) is 6.61. The molecule has 0 atom stereocenters. The predicted molar refractivity (Wildman–Crippen MR) is 59.4 cm³/mol. The monoisotopic (exact) mass is 252 g/mol. The lowest BCUT2D eigenvalue weighted by molar-refractivity contribution is 0.842. The molecule has 14 heavy (non-hydrogen) atoms. The summed E-state index contributed by atoms with van der Waals surface area (Å²) in [6, 6.07) is 3.75. The van der Waals surface area contributed by atoms with Crippen LogP contribution in [0, 0.1) is 6.92 Å². The first-order valence-electron chi connectivity index (χ1n) is 4.21. The van der Waals surface area contributed by atoms with E-state index in [0.29, 0.717) is 5.39 Å². The number of benzene rings is 1. The van der Waals surface area contributed by atoms with Crippen LogP contribution in [0.5, 0.6) is 0 Å². The van der Waals surface area contributed by atoms with Crippen molar-refractivity contribution < 1.29 is 0 Å². The second-order valence-electron chi connectivity index (χ2n) is 3.23. The van der Waals surface area contributed by atoms with Gasteiger partial charge in [-0.2, -0.15) is 0 Å². The van der Waals surface area contributed by atoms with E-state index in [4.69, 9.17) is 0 Å². The third-order valence-corrected chi connectivity index (χ3v) is 3.14. The van der Waals surface area contributed by atoms with Gasteiger partial charge in [0.15, 0.2) is 0 Å². The Hall–Kier alpha value is -1.16. The highest BCUT2D eigenvalue weighted by atomic mass is 79.9. The molecule has 2 rings (SSSR count). The molecule has 0 amide bonds. The van der Waals surface area contributed by atoms with Crippen LogP contribution in [0.25, 0.3) is 10.9 Å². The molecule has 1 aromatic heterocycles. The maximum absolute atomic E-state index is 11.8. The second-order valence-corrected chi connectivity index (χ2v) is 4.08. The standard InChI is InChI=1S/C10H9BrN2O/c1-6-7(11)3-4-8-9(6)10(14)13(2)5-12-8/h3-5H,1-2H3. The minimum Gasteiger partial charge on any atom is -0.302 e. The van der Waals surface area contributed by atoms with Gasteiger partial charge in [-0.15, -0.1) is 0 Å². The van der Waals surface area contributed by atoms with Gasteiger partial charge in [0.25, 0.3) is 5.56 Å². The van der Waals surface area contributed by atoms with Crippen LogP contribution in [-0.2, 0) is 7.05 Å². The van der Waals surface area contributed by atoms with Crippen molar-refractivity contribution in [2.75, 3.05) is 0 Å². The topological polar surface area (TPSA) is 34.9 Å². The second kappa shape index (κ2) is 3.20. The molecule has 0 radical (unpaired) electrons. The summed E-state index contributed by atoms with van der Waals surface area (Å²) in [7, 11) is 1.70. The zero-order valence-corrected chi connectivity index (χ0v) is 9.50. The van der Waals surface area contributed by atoms with Crippen LogP contribution < -0.4 is 5.56 Å². The molecule has 1 heterocycles. The number of hydrogen-bond acceptors (Lipinski definition) is 2. The summed E-state index contributed by atoms with van der Waals surface area (Å²) in [5.74, 6) is 0. The minimum absolute atomic E-state index is 0.00574. The number of fused-ring (bicyclic) bond motifs is 1. The van der Waals surface area contributed by atoms with Crippen LogP contribution in [0.4, 0.5) is 0 Å². The maximum Gasteiger partial charge on any atom is 0.261 e. The van der Waals surface area contributed by atoms with E-state index in [2.05, 4.69) is 20.9 Å². The van der Waals surface area contributed by atoms with E-state index < -0.39 is 0 Å². The number of hydrogen-bond donors (Lipinski definition) is 0. The van der Waals surface area contributed by atoms with E-state index in [1.807, 2.05) is 19.1 Å². The SMILES string of the molecule is Cc1c(Br)ccc2ncn(C)c(=O)c12. The summed E-state index contributed by atoms with van der Waals surface area (Å²) in [6.45, 7) is 1.91. The molecular weight excluding hydrogens is 244 g/mol. The third-order valence-electron chi connectivity index (χ3n) is 2.28. The van der Waals surface area contributed by atoms with Crippen molar-refractivity contribution in [2.45, 2.75) is 6.92 Å². The number of aryl methyl sites for hydroxylation is 2. The van der Waals surface area contributed by atoms with E-state index in [-0.39, 0.29) is 5.56 Å². The van der Waals surface area contributed by atoms with Gasteiger partial charge in [-0.1, -0.05) is 15.9 Å². The lowest BCUT2D eigenvalue weighted by atomic mass is 10.1.